The maximum atomic E-state index is 10.6. The highest BCUT2D eigenvalue weighted by Crippen LogP contribution is 2.13. The summed E-state index contributed by atoms with van der Waals surface area (Å²) in [5.41, 5.74) is 0. The average molecular weight is 174 g/mol. The third-order valence-electron chi connectivity index (χ3n) is 1.37. The molecule has 0 saturated heterocycles. The molecule has 0 aliphatic carbocycles. The summed E-state index contributed by atoms with van der Waals surface area (Å²) >= 11 is 0. The van der Waals surface area contributed by atoms with Gasteiger partial charge in [-0.25, -0.2) is 0 Å². The van der Waals surface area contributed by atoms with E-state index in [2.05, 4.69) is 19.6 Å². The highest BCUT2D eigenvalue weighted by molar-refractivity contribution is 6.76. The van der Waals surface area contributed by atoms with Crippen LogP contribution in [0, 0.1) is 0 Å². The Labute approximate surface area is 69.6 Å². The van der Waals surface area contributed by atoms with Gasteiger partial charge in [0.05, 0.1) is 6.10 Å². The Bertz CT molecular complexity index is 138. The lowest BCUT2D eigenvalue weighted by atomic mass is 10.2. The Balaban J connectivity index is 3.69. The molecule has 0 aromatic heterocycles. The maximum absolute atomic E-state index is 10.6. The summed E-state index contributed by atoms with van der Waals surface area (Å²) in [7, 11) is -1.19. The second kappa shape index (κ2) is 4.02. The average Bonchev–Trinajstić information content (AvgIpc) is 1.53. The standard InChI is InChI=1S/C8H18O2Si/c1-7(9)5-8(10)6-11(2,3)4/h8,10H,5-6H2,1-4H3. The van der Waals surface area contributed by atoms with Crippen molar-refractivity contribution in [3.05, 3.63) is 0 Å². The Kier molecular flexibility index (Phi) is 3.96. The number of hydrogen-bond donors (Lipinski definition) is 1. The van der Waals surface area contributed by atoms with Crippen molar-refractivity contribution in [3.63, 3.8) is 0 Å². The lowest BCUT2D eigenvalue weighted by Gasteiger charge is -2.19. The molecule has 0 rings (SSSR count). The Morgan fingerprint density at radius 1 is 1.45 bits per heavy atom. The number of carbonyl (C=O) groups excluding carboxylic acids is 1. The molecule has 0 amide bonds. The van der Waals surface area contributed by atoms with Gasteiger partial charge < -0.3 is 5.11 Å². The second-order valence-electron chi connectivity index (χ2n) is 4.32. The molecule has 0 aliphatic rings. The molecule has 0 aliphatic heterocycles. The summed E-state index contributed by atoms with van der Waals surface area (Å²) < 4.78 is 0. The van der Waals surface area contributed by atoms with Gasteiger partial charge in [-0.05, 0) is 13.0 Å². The maximum Gasteiger partial charge on any atom is 0.132 e. The minimum absolute atomic E-state index is 0.0794. The summed E-state index contributed by atoms with van der Waals surface area (Å²) in [6.45, 7) is 8.09. The molecule has 1 unspecified atom stereocenters. The summed E-state index contributed by atoms with van der Waals surface area (Å²) in [6, 6.07) is 0.826. The fourth-order valence-corrected chi connectivity index (χ4v) is 2.67. The molecule has 1 atom stereocenters. The van der Waals surface area contributed by atoms with Crippen LogP contribution in [0.3, 0.4) is 0 Å². The molecule has 0 heterocycles. The molecule has 2 nitrogen and oxygen atoms in total. The molecule has 66 valence electrons. The fraction of sp³-hybridized carbons (Fsp3) is 0.875. The van der Waals surface area contributed by atoms with Gasteiger partial charge in [-0.15, -0.1) is 0 Å². The minimum Gasteiger partial charge on any atom is -0.393 e. The minimum atomic E-state index is -1.19. The molecule has 11 heavy (non-hydrogen) atoms. The lowest BCUT2D eigenvalue weighted by molar-refractivity contribution is -0.118. The smallest absolute Gasteiger partial charge is 0.132 e. The zero-order valence-electron chi connectivity index (χ0n) is 7.85. The van der Waals surface area contributed by atoms with Crippen LogP contribution in [0.15, 0.2) is 0 Å². The van der Waals surface area contributed by atoms with Crippen molar-refractivity contribution in [3.8, 4) is 0 Å². The predicted octanol–water partition coefficient (Wildman–Crippen LogP) is 1.66. The van der Waals surface area contributed by atoms with Crippen molar-refractivity contribution in [1.29, 1.82) is 0 Å². The first-order valence-electron chi connectivity index (χ1n) is 3.99. The predicted molar refractivity (Wildman–Crippen MR) is 49.5 cm³/mol. The molecule has 0 aromatic carbocycles. The van der Waals surface area contributed by atoms with E-state index in [1.165, 1.54) is 6.92 Å². The van der Waals surface area contributed by atoms with Gasteiger partial charge in [0.1, 0.15) is 5.78 Å². The van der Waals surface area contributed by atoms with E-state index in [0.717, 1.165) is 6.04 Å². The third kappa shape index (κ3) is 7.75. The van der Waals surface area contributed by atoms with Gasteiger partial charge in [-0.2, -0.15) is 0 Å². The summed E-state index contributed by atoms with van der Waals surface area (Å²) in [5, 5.41) is 9.37. The first kappa shape index (κ1) is 10.8. The second-order valence-corrected chi connectivity index (χ2v) is 9.85. The monoisotopic (exact) mass is 174 g/mol. The number of ketones is 1. The van der Waals surface area contributed by atoms with E-state index in [-0.39, 0.29) is 5.78 Å². The third-order valence-corrected chi connectivity index (χ3v) is 3.07. The van der Waals surface area contributed by atoms with E-state index >= 15 is 0 Å². The number of hydrogen-bond acceptors (Lipinski definition) is 2. The zero-order chi connectivity index (χ0) is 9.07. The van der Waals surface area contributed by atoms with Gasteiger partial charge in [-0.3, -0.25) is 4.79 Å². The van der Waals surface area contributed by atoms with Gasteiger partial charge in [0.2, 0.25) is 0 Å². The fourth-order valence-electron chi connectivity index (χ4n) is 1.11. The number of aliphatic hydroxyl groups is 1. The van der Waals surface area contributed by atoms with Crippen molar-refractivity contribution < 1.29 is 9.90 Å². The van der Waals surface area contributed by atoms with Crippen LogP contribution in [-0.2, 0) is 4.79 Å². The summed E-state index contributed by atoms with van der Waals surface area (Å²) in [4.78, 5) is 10.6. The van der Waals surface area contributed by atoms with Crippen LogP contribution in [-0.4, -0.2) is 25.1 Å². The van der Waals surface area contributed by atoms with Crippen LogP contribution in [0.4, 0.5) is 0 Å². The first-order chi connectivity index (χ1) is 4.81. The van der Waals surface area contributed by atoms with Crippen LogP contribution >= 0.6 is 0 Å². The molecular formula is C8H18O2Si. The van der Waals surface area contributed by atoms with Crippen molar-refractivity contribution in [1.82, 2.24) is 0 Å². The summed E-state index contributed by atoms with van der Waals surface area (Å²) in [6.07, 6.45) is -0.0799. The van der Waals surface area contributed by atoms with Crippen LogP contribution < -0.4 is 0 Å². The molecular weight excluding hydrogens is 156 g/mol. The number of Topliss-reactive ketones (excluding diaryl/α,β-unsaturated/α-hetero) is 1. The van der Waals surface area contributed by atoms with Crippen molar-refractivity contribution in [2.24, 2.45) is 0 Å². The van der Waals surface area contributed by atoms with E-state index < -0.39 is 14.2 Å². The van der Waals surface area contributed by atoms with E-state index in [0.29, 0.717) is 6.42 Å². The highest BCUT2D eigenvalue weighted by Gasteiger charge is 2.19. The molecule has 0 radical (unpaired) electrons. The van der Waals surface area contributed by atoms with E-state index in [9.17, 15) is 9.90 Å². The normalized spacial score (nSPS) is 14.6. The van der Waals surface area contributed by atoms with E-state index in [1.807, 2.05) is 0 Å². The molecule has 0 spiro atoms. The Morgan fingerprint density at radius 3 is 2.18 bits per heavy atom. The Morgan fingerprint density at radius 2 is 1.91 bits per heavy atom. The zero-order valence-corrected chi connectivity index (χ0v) is 8.85. The largest absolute Gasteiger partial charge is 0.393 e. The molecule has 3 heteroatoms. The van der Waals surface area contributed by atoms with Gasteiger partial charge in [-0.1, -0.05) is 19.6 Å². The number of rotatable bonds is 4. The lowest BCUT2D eigenvalue weighted by Crippen LogP contribution is -2.27. The van der Waals surface area contributed by atoms with Crippen molar-refractivity contribution in [2.45, 2.75) is 45.1 Å². The highest BCUT2D eigenvalue weighted by atomic mass is 28.3. The van der Waals surface area contributed by atoms with Crippen LogP contribution in [0.5, 0.6) is 0 Å². The number of carbonyl (C=O) groups is 1. The van der Waals surface area contributed by atoms with E-state index in [1.54, 1.807) is 0 Å². The van der Waals surface area contributed by atoms with Crippen LogP contribution in [0.1, 0.15) is 13.3 Å². The van der Waals surface area contributed by atoms with Crippen LogP contribution in [0.2, 0.25) is 25.7 Å². The van der Waals surface area contributed by atoms with Crippen LogP contribution in [0.25, 0.3) is 0 Å². The van der Waals surface area contributed by atoms with Gasteiger partial charge >= 0.3 is 0 Å². The number of aliphatic hydroxyl groups excluding tert-OH is 1. The molecule has 0 aromatic rings. The quantitative estimate of drug-likeness (QED) is 0.658. The SMILES string of the molecule is CC(=O)CC(O)C[Si](C)(C)C. The Hall–Kier alpha value is -0.153. The molecule has 0 saturated carbocycles. The van der Waals surface area contributed by atoms with Gasteiger partial charge in [0, 0.05) is 14.5 Å². The summed E-state index contributed by atoms with van der Waals surface area (Å²) in [5.74, 6) is 0.0794. The van der Waals surface area contributed by atoms with Gasteiger partial charge in [0.15, 0.2) is 0 Å². The van der Waals surface area contributed by atoms with E-state index in [4.69, 9.17) is 0 Å². The van der Waals surface area contributed by atoms with Crippen molar-refractivity contribution >= 4 is 13.9 Å². The van der Waals surface area contributed by atoms with Crippen molar-refractivity contribution in [2.75, 3.05) is 0 Å². The molecule has 0 fully saturated rings. The first-order valence-corrected chi connectivity index (χ1v) is 7.69. The topological polar surface area (TPSA) is 37.3 Å². The molecule has 1 N–H and O–H groups in total. The molecule has 0 bridgehead atoms. The van der Waals surface area contributed by atoms with Gasteiger partial charge in [0.25, 0.3) is 0 Å².